The van der Waals surface area contributed by atoms with Gasteiger partial charge in [0.15, 0.2) is 11.5 Å². The highest BCUT2D eigenvalue weighted by atomic mass is 16.5. The Morgan fingerprint density at radius 2 is 1.84 bits per heavy atom. The van der Waals surface area contributed by atoms with Gasteiger partial charge in [-0.2, -0.15) is 0 Å². The molecule has 158 valence electrons. The van der Waals surface area contributed by atoms with Crippen molar-refractivity contribution in [1.29, 1.82) is 0 Å². The van der Waals surface area contributed by atoms with E-state index in [-0.39, 0.29) is 5.56 Å². The molecule has 0 saturated heterocycles. The van der Waals surface area contributed by atoms with Crippen LogP contribution in [0.25, 0.3) is 22.2 Å². The van der Waals surface area contributed by atoms with Gasteiger partial charge in [-0.1, -0.05) is 6.07 Å². The number of aryl methyl sites for hydroxylation is 2. The minimum absolute atomic E-state index is 0.166. The minimum atomic E-state index is -0.166. The maximum atomic E-state index is 12.8. The number of hydrogen-bond acceptors (Lipinski definition) is 7. The molecule has 0 aliphatic heterocycles. The van der Waals surface area contributed by atoms with Gasteiger partial charge >= 0.3 is 0 Å². The van der Waals surface area contributed by atoms with Gasteiger partial charge in [-0.25, -0.2) is 9.97 Å². The molecule has 0 spiro atoms. The van der Waals surface area contributed by atoms with Crippen LogP contribution in [0.4, 0.5) is 5.82 Å². The molecule has 0 radical (unpaired) electrons. The Hall–Kier alpha value is -3.94. The normalized spacial score (nSPS) is 10.8. The van der Waals surface area contributed by atoms with E-state index in [1.807, 2.05) is 37.3 Å². The van der Waals surface area contributed by atoms with E-state index < -0.39 is 0 Å². The highest BCUT2D eigenvalue weighted by Gasteiger charge is 2.15. The van der Waals surface area contributed by atoms with Gasteiger partial charge in [-0.05, 0) is 42.8 Å². The predicted molar refractivity (Wildman–Crippen MR) is 120 cm³/mol. The van der Waals surface area contributed by atoms with Crippen LogP contribution in [0.15, 0.2) is 53.7 Å². The van der Waals surface area contributed by atoms with Crippen molar-refractivity contribution in [2.24, 2.45) is 7.05 Å². The molecule has 0 aliphatic carbocycles. The van der Waals surface area contributed by atoms with Crippen molar-refractivity contribution < 1.29 is 9.47 Å². The molecular weight excluding hydrogens is 394 g/mol. The topological polar surface area (TPSA) is 91.2 Å². The number of anilines is 1. The lowest BCUT2D eigenvalue weighted by Gasteiger charge is -2.13. The smallest absolute Gasteiger partial charge is 0.264 e. The van der Waals surface area contributed by atoms with Gasteiger partial charge in [0, 0.05) is 31.0 Å². The number of methoxy groups -OCH3 is 2. The number of nitrogens with zero attached hydrogens (tertiary/aromatic N) is 4. The average molecular weight is 417 g/mol. The Balaban J connectivity index is 1.82. The maximum absolute atomic E-state index is 12.8. The van der Waals surface area contributed by atoms with E-state index in [1.54, 1.807) is 33.5 Å². The van der Waals surface area contributed by atoms with E-state index in [4.69, 9.17) is 14.5 Å². The van der Waals surface area contributed by atoms with Gasteiger partial charge in [0.05, 0.1) is 31.8 Å². The lowest BCUT2D eigenvalue weighted by atomic mass is 10.1. The number of benzene rings is 1. The molecule has 4 aromatic rings. The van der Waals surface area contributed by atoms with Gasteiger partial charge in [-0.15, -0.1) is 0 Å². The van der Waals surface area contributed by atoms with E-state index in [9.17, 15) is 4.79 Å². The molecule has 8 heteroatoms. The van der Waals surface area contributed by atoms with Crippen LogP contribution in [-0.2, 0) is 13.6 Å². The second kappa shape index (κ2) is 8.43. The van der Waals surface area contributed by atoms with Crippen LogP contribution < -0.4 is 20.3 Å². The lowest BCUT2D eigenvalue weighted by molar-refractivity contribution is 0.355. The molecule has 0 fully saturated rings. The second-order valence-electron chi connectivity index (χ2n) is 7.14. The van der Waals surface area contributed by atoms with E-state index in [0.29, 0.717) is 40.5 Å². The highest BCUT2D eigenvalue weighted by Crippen LogP contribution is 2.33. The van der Waals surface area contributed by atoms with Crippen molar-refractivity contribution in [1.82, 2.24) is 19.5 Å². The Morgan fingerprint density at radius 1 is 1.03 bits per heavy atom. The average Bonchev–Trinajstić information content (AvgIpc) is 2.80. The van der Waals surface area contributed by atoms with Gasteiger partial charge in [0.2, 0.25) is 0 Å². The van der Waals surface area contributed by atoms with Crippen molar-refractivity contribution in [2.75, 3.05) is 19.5 Å². The lowest BCUT2D eigenvalue weighted by Crippen LogP contribution is -2.19. The number of nitrogens with one attached hydrogen (secondary N) is 1. The van der Waals surface area contributed by atoms with Crippen LogP contribution in [-0.4, -0.2) is 33.7 Å². The summed E-state index contributed by atoms with van der Waals surface area (Å²) in [6.07, 6.45) is 3.32. The van der Waals surface area contributed by atoms with E-state index >= 15 is 0 Å². The van der Waals surface area contributed by atoms with E-state index in [0.717, 1.165) is 16.8 Å². The first-order valence-electron chi connectivity index (χ1n) is 9.74. The largest absolute Gasteiger partial charge is 0.493 e. The van der Waals surface area contributed by atoms with Crippen LogP contribution in [0.5, 0.6) is 11.5 Å². The summed E-state index contributed by atoms with van der Waals surface area (Å²) in [5.74, 6) is 1.69. The molecule has 31 heavy (non-hydrogen) atoms. The van der Waals surface area contributed by atoms with E-state index in [1.165, 1.54) is 10.9 Å². The summed E-state index contributed by atoms with van der Waals surface area (Å²) in [5, 5.41) is 3.73. The van der Waals surface area contributed by atoms with Crippen molar-refractivity contribution >= 4 is 16.7 Å². The molecule has 0 unspecified atom stereocenters. The van der Waals surface area contributed by atoms with Crippen LogP contribution in [0.1, 0.15) is 11.3 Å². The molecule has 8 nitrogen and oxygen atoms in total. The standard InChI is InChI=1S/C23H23N5O3/c1-14-5-6-15(11-24-14)12-25-22-21-18(26-13-28(2)23(21)29)10-17(27-22)16-7-8-19(30-3)20(9-16)31-4/h5-11,13H,12H2,1-4H3,(H,25,27). The number of rotatable bonds is 6. The zero-order valence-corrected chi connectivity index (χ0v) is 17.8. The van der Waals surface area contributed by atoms with E-state index in [2.05, 4.69) is 15.3 Å². The predicted octanol–water partition coefficient (Wildman–Crippen LogP) is 3.33. The molecule has 0 aliphatic rings. The molecular formula is C23H23N5O3. The fraction of sp³-hybridized carbons (Fsp3) is 0.217. The number of hydrogen-bond donors (Lipinski definition) is 1. The number of aromatic nitrogens is 4. The summed E-state index contributed by atoms with van der Waals surface area (Å²) < 4.78 is 12.2. The monoisotopic (exact) mass is 417 g/mol. The molecule has 3 aromatic heterocycles. The zero-order valence-electron chi connectivity index (χ0n) is 17.8. The summed E-state index contributed by atoms with van der Waals surface area (Å²) in [6, 6.07) is 11.3. The number of ether oxygens (including phenoxy) is 2. The molecule has 0 amide bonds. The van der Waals surface area contributed by atoms with Gasteiger partial charge < -0.3 is 19.4 Å². The third kappa shape index (κ3) is 4.05. The SMILES string of the molecule is COc1ccc(-c2cc3ncn(C)c(=O)c3c(NCc3ccc(C)nc3)n2)cc1OC. The Labute approximate surface area is 179 Å². The molecule has 1 N–H and O–H groups in total. The van der Waals surface area contributed by atoms with Crippen molar-refractivity contribution in [2.45, 2.75) is 13.5 Å². The van der Waals surface area contributed by atoms with Crippen LogP contribution in [0, 0.1) is 6.92 Å². The molecule has 0 bridgehead atoms. The minimum Gasteiger partial charge on any atom is -0.493 e. The first-order chi connectivity index (χ1) is 15.0. The van der Waals surface area contributed by atoms with Crippen LogP contribution in [0.2, 0.25) is 0 Å². The third-order valence-corrected chi connectivity index (χ3v) is 5.01. The van der Waals surface area contributed by atoms with Gasteiger partial charge in [-0.3, -0.25) is 9.78 Å². The van der Waals surface area contributed by atoms with Crippen LogP contribution >= 0.6 is 0 Å². The molecule has 4 rings (SSSR count). The highest BCUT2D eigenvalue weighted by molar-refractivity contribution is 5.91. The number of pyridine rings is 2. The van der Waals surface area contributed by atoms with Crippen molar-refractivity contribution in [3.63, 3.8) is 0 Å². The zero-order chi connectivity index (χ0) is 22.0. The van der Waals surface area contributed by atoms with Crippen molar-refractivity contribution in [3.05, 3.63) is 70.5 Å². The van der Waals surface area contributed by atoms with Gasteiger partial charge in [0.25, 0.3) is 5.56 Å². The fourth-order valence-corrected chi connectivity index (χ4v) is 3.28. The van der Waals surface area contributed by atoms with Crippen molar-refractivity contribution in [3.8, 4) is 22.8 Å². The van der Waals surface area contributed by atoms with Gasteiger partial charge in [0.1, 0.15) is 11.2 Å². The first-order valence-corrected chi connectivity index (χ1v) is 9.74. The summed E-state index contributed by atoms with van der Waals surface area (Å²) in [7, 11) is 4.85. The molecule has 1 aromatic carbocycles. The number of fused-ring (bicyclic) bond motifs is 1. The molecule has 0 atom stereocenters. The summed E-state index contributed by atoms with van der Waals surface area (Å²) >= 11 is 0. The second-order valence-corrected chi connectivity index (χ2v) is 7.14. The third-order valence-electron chi connectivity index (χ3n) is 5.01. The fourth-order valence-electron chi connectivity index (χ4n) is 3.28. The first kappa shape index (κ1) is 20.3. The Morgan fingerprint density at radius 3 is 2.55 bits per heavy atom. The quantitative estimate of drug-likeness (QED) is 0.514. The summed E-state index contributed by atoms with van der Waals surface area (Å²) in [5.41, 5.74) is 3.81. The summed E-state index contributed by atoms with van der Waals surface area (Å²) in [4.78, 5) is 26.4. The Bertz CT molecular complexity index is 1300. The summed E-state index contributed by atoms with van der Waals surface area (Å²) in [6.45, 7) is 2.41. The Kier molecular flexibility index (Phi) is 5.53. The molecule has 3 heterocycles. The maximum Gasteiger partial charge on any atom is 0.264 e. The molecule has 0 saturated carbocycles. The van der Waals surface area contributed by atoms with Crippen LogP contribution in [0.3, 0.4) is 0 Å².